The van der Waals surface area contributed by atoms with Crippen LogP contribution in [0, 0.1) is 12.7 Å². The van der Waals surface area contributed by atoms with Crippen molar-refractivity contribution in [3.05, 3.63) is 125 Å². The zero-order valence-corrected chi connectivity index (χ0v) is 22.5. The molecule has 0 aliphatic rings. The Morgan fingerprint density at radius 1 is 1.00 bits per heavy atom. The Balaban J connectivity index is 1.40. The van der Waals surface area contributed by atoms with Gasteiger partial charge in [0.05, 0.1) is 16.8 Å². The SMILES string of the molecule is Cc1ccc(S(=O)(=O)N(CC(=O)N/N=C\c2ccc(OCc3cccc(Cl)c3)cc2)c2ccc(F)cc2)cc1. The molecule has 0 aromatic heterocycles. The lowest BCUT2D eigenvalue weighted by Gasteiger charge is -2.23. The molecule has 0 bridgehead atoms. The molecule has 39 heavy (non-hydrogen) atoms. The number of halogens is 2. The summed E-state index contributed by atoms with van der Waals surface area (Å²) in [6.07, 6.45) is 1.43. The van der Waals surface area contributed by atoms with Crippen molar-refractivity contribution in [3.63, 3.8) is 0 Å². The molecule has 0 spiro atoms. The number of sulfonamides is 1. The summed E-state index contributed by atoms with van der Waals surface area (Å²) in [7, 11) is -4.11. The minimum absolute atomic E-state index is 0.00592. The van der Waals surface area contributed by atoms with Gasteiger partial charge in [0.2, 0.25) is 0 Å². The van der Waals surface area contributed by atoms with Gasteiger partial charge >= 0.3 is 0 Å². The summed E-state index contributed by atoms with van der Waals surface area (Å²) in [6.45, 7) is 1.64. The Morgan fingerprint density at radius 3 is 2.36 bits per heavy atom. The van der Waals surface area contributed by atoms with Crippen LogP contribution in [0.15, 0.2) is 107 Å². The first-order valence-corrected chi connectivity index (χ1v) is 13.7. The first kappa shape index (κ1) is 27.8. The second kappa shape index (κ2) is 12.6. The second-order valence-electron chi connectivity index (χ2n) is 8.58. The Hall–Kier alpha value is -4.21. The van der Waals surface area contributed by atoms with Gasteiger partial charge in [-0.3, -0.25) is 9.10 Å². The van der Waals surface area contributed by atoms with E-state index in [1.807, 2.05) is 25.1 Å². The van der Waals surface area contributed by atoms with Crippen LogP contribution in [0.2, 0.25) is 5.02 Å². The van der Waals surface area contributed by atoms with Gasteiger partial charge in [-0.2, -0.15) is 5.10 Å². The number of rotatable bonds is 10. The van der Waals surface area contributed by atoms with E-state index in [2.05, 4.69) is 10.5 Å². The molecule has 1 N–H and O–H groups in total. The fourth-order valence-corrected chi connectivity index (χ4v) is 5.18. The Bertz CT molecular complexity index is 1560. The highest BCUT2D eigenvalue weighted by Gasteiger charge is 2.27. The largest absolute Gasteiger partial charge is 0.489 e. The minimum atomic E-state index is -4.11. The highest BCUT2D eigenvalue weighted by atomic mass is 35.5. The predicted molar refractivity (Wildman–Crippen MR) is 150 cm³/mol. The number of aryl methyl sites for hydroxylation is 1. The summed E-state index contributed by atoms with van der Waals surface area (Å²) < 4.78 is 46.8. The standard InChI is InChI=1S/C29H25ClFN3O4S/c1-21-5-15-28(16-6-21)39(36,37)34(26-11-9-25(31)10-12-26)19-29(35)33-32-18-22-7-13-27(14-8-22)38-20-23-3-2-4-24(30)17-23/h2-18H,19-20H2,1H3,(H,33,35)/b32-18-. The average molecular weight is 566 g/mol. The molecule has 0 heterocycles. The fraction of sp³-hybridized carbons (Fsp3) is 0.103. The van der Waals surface area contributed by atoms with Crippen LogP contribution in [0.4, 0.5) is 10.1 Å². The van der Waals surface area contributed by atoms with Gasteiger partial charge in [0.25, 0.3) is 15.9 Å². The van der Waals surface area contributed by atoms with Crippen molar-refractivity contribution < 1.29 is 22.3 Å². The predicted octanol–water partition coefficient (Wildman–Crippen LogP) is 5.71. The van der Waals surface area contributed by atoms with Crippen molar-refractivity contribution >= 4 is 39.4 Å². The van der Waals surface area contributed by atoms with E-state index in [4.69, 9.17) is 16.3 Å². The van der Waals surface area contributed by atoms with Crippen LogP contribution in [0.3, 0.4) is 0 Å². The molecule has 0 aliphatic carbocycles. The molecule has 4 rings (SSSR count). The van der Waals surface area contributed by atoms with Gasteiger partial charge in [0, 0.05) is 5.02 Å². The third-order valence-corrected chi connectivity index (χ3v) is 7.61. The van der Waals surface area contributed by atoms with E-state index in [1.54, 1.807) is 42.5 Å². The number of amides is 1. The van der Waals surface area contributed by atoms with E-state index in [9.17, 15) is 17.6 Å². The average Bonchev–Trinajstić information content (AvgIpc) is 2.92. The molecule has 0 saturated carbocycles. The van der Waals surface area contributed by atoms with Crippen molar-refractivity contribution in [1.29, 1.82) is 0 Å². The Kier molecular flexibility index (Phi) is 8.96. The Labute approximate surface area is 231 Å². The molecule has 4 aromatic carbocycles. The van der Waals surface area contributed by atoms with Gasteiger partial charge < -0.3 is 4.74 Å². The van der Waals surface area contributed by atoms with E-state index in [0.717, 1.165) is 27.6 Å². The van der Waals surface area contributed by atoms with Crippen molar-refractivity contribution in [2.45, 2.75) is 18.4 Å². The van der Waals surface area contributed by atoms with E-state index in [1.165, 1.54) is 30.5 Å². The van der Waals surface area contributed by atoms with Crippen molar-refractivity contribution in [1.82, 2.24) is 5.43 Å². The number of benzene rings is 4. The molecule has 7 nitrogen and oxygen atoms in total. The number of carbonyl (C=O) groups is 1. The summed E-state index contributed by atoms with van der Waals surface area (Å²) in [5.74, 6) is -0.554. The summed E-state index contributed by atoms with van der Waals surface area (Å²) in [4.78, 5) is 12.7. The maximum absolute atomic E-state index is 13.5. The van der Waals surface area contributed by atoms with Crippen LogP contribution >= 0.6 is 11.6 Å². The summed E-state index contributed by atoms with van der Waals surface area (Å²) >= 11 is 5.99. The van der Waals surface area contributed by atoms with Gasteiger partial charge in [0.1, 0.15) is 24.7 Å². The second-order valence-corrected chi connectivity index (χ2v) is 10.9. The van der Waals surface area contributed by atoms with Crippen LogP contribution < -0.4 is 14.5 Å². The molecule has 200 valence electrons. The van der Waals surface area contributed by atoms with Crippen molar-refractivity contribution in [2.75, 3.05) is 10.8 Å². The maximum Gasteiger partial charge on any atom is 0.264 e. The highest BCUT2D eigenvalue weighted by molar-refractivity contribution is 7.92. The molecule has 0 aliphatic heterocycles. The van der Waals surface area contributed by atoms with Crippen molar-refractivity contribution in [2.24, 2.45) is 5.10 Å². The first-order chi connectivity index (χ1) is 18.7. The number of anilines is 1. The minimum Gasteiger partial charge on any atom is -0.489 e. The maximum atomic E-state index is 13.5. The van der Waals surface area contributed by atoms with Crippen molar-refractivity contribution in [3.8, 4) is 5.75 Å². The van der Waals surface area contributed by atoms with E-state index < -0.39 is 28.3 Å². The van der Waals surface area contributed by atoms with Crippen LogP contribution in [-0.2, 0) is 21.4 Å². The lowest BCUT2D eigenvalue weighted by Crippen LogP contribution is -2.39. The van der Waals surface area contributed by atoms with Crippen LogP contribution in [0.1, 0.15) is 16.7 Å². The Morgan fingerprint density at radius 2 is 1.69 bits per heavy atom. The molecular formula is C29H25ClFN3O4S. The number of hydrogen-bond acceptors (Lipinski definition) is 5. The molecule has 10 heteroatoms. The monoisotopic (exact) mass is 565 g/mol. The fourth-order valence-electron chi connectivity index (χ4n) is 3.55. The molecular weight excluding hydrogens is 541 g/mol. The van der Waals surface area contributed by atoms with Crippen LogP contribution in [0.25, 0.3) is 0 Å². The molecule has 0 fully saturated rings. The van der Waals surface area contributed by atoms with Gasteiger partial charge in [-0.05, 0) is 90.8 Å². The number of ether oxygens (including phenoxy) is 1. The molecule has 0 atom stereocenters. The van der Waals surface area contributed by atoms with Gasteiger partial charge in [-0.25, -0.2) is 18.2 Å². The van der Waals surface area contributed by atoms with Crippen LogP contribution in [0.5, 0.6) is 5.75 Å². The zero-order valence-electron chi connectivity index (χ0n) is 20.9. The van der Waals surface area contributed by atoms with Gasteiger partial charge in [-0.1, -0.05) is 41.4 Å². The topological polar surface area (TPSA) is 88.1 Å². The van der Waals surface area contributed by atoms with E-state index in [0.29, 0.717) is 22.9 Å². The molecule has 0 radical (unpaired) electrons. The molecule has 4 aromatic rings. The van der Waals surface area contributed by atoms with Gasteiger partial charge in [0.15, 0.2) is 0 Å². The zero-order chi connectivity index (χ0) is 27.8. The first-order valence-electron chi connectivity index (χ1n) is 11.8. The summed E-state index contributed by atoms with van der Waals surface area (Å²) in [6, 6.07) is 25.5. The van der Waals surface area contributed by atoms with E-state index in [-0.39, 0.29) is 10.6 Å². The third kappa shape index (κ3) is 7.66. The summed E-state index contributed by atoms with van der Waals surface area (Å²) in [5, 5.41) is 4.58. The number of carbonyl (C=O) groups excluding carboxylic acids is 1. The number of nitrogens with one attached hydrogen (secondary N) is 1. The third-order valence-electron chi connectivity index (χ3n) is 5.59. The molecule has 0 unspecified atom stereocenters. The number of hydrogen-bond donors (Lipinski definition) is 1. The van der Waals surface area contributed by atoms with E-state index >= 15 is 0 Å². The lowest BCUT2D eigenvalue weighted by molar-refractivity contribution is -0.119. The van der Waals surface area contributed by atoms with Gasteiger partial charge in [-0.15, -0.1) is 0 Å². The van der Waals surface area contributed by atoms with Crippen LogP contribution in [-0.4, -0.2) is 27.1 Å². The molecule has 1 amide bonds. The number of hydrazone groups is 1. The number of nitrogens with zero attached hydrogens (tertiary/aromatic N) is 2. The molecule has 0 saturated heterocycles. The summed E-state index contributed by atoms with van der Waals surface area (Å²) in [5.41, 5.74) is 5.00. The lowest BCUT2D eigenvalue weighted by atomic mass is 10.2. The highest BCUT2D eigenvalue weighted by Crippen LogP contribution is 2.24. The quantitative estimate of drug-likeness (QED) is 0.197. The normalized spacial score (nSPS) is 11.4. The smallest absolute Gasteiger partial charge is 0.264 e.